The molecule has 0 radical (unpaired) electrons. The Labute approximate surface area is 164 Å². The van der Waals surface area contributed by atoms with E-state index in [-0.39, 0.29) is 36.9 Å². The highest BCUT2D eigenvalue weighted by Gasteiger charge is 2.31. The quantitative estimate of drug-likeness (QED) is 0.519. The van der Waals surface area contributed by atoms with Crippen molar-refractivity contribution in [3.8, 4) is 5.75 Å². The number of benzene rings is 1. The average molecular weight is 399 g/mol. The molecule has 1 aromatic carbocycles. The monoisotopic (exact) mass is 399 g/mol. The van der Waals surface area contributed by atoms with Crippen LogP contribution in [0.3, 0.4) is 0 Å². The minimum Gasteiger partial charge on any atom is -0.493 e. The van der Waals surface area contributed by atoms with Crippen LogP contribution >= 0.6 is 0 Å². The van der Waals surface area contributed by atoms with E-state index in [1.165, 1.54) is 13.0 Å². The molecule has 1 rings (SSSR count). The molecule has 0 aromatic heterocycles. The molecule has 0 saturated carbocycles. The van der Waals surface area contributed by atoms with E-state index in [9.17, 15) is 22.8 Å². The van der Waals surface area contributed by atoms with Gasteiger partial charge in [-0.15, -0.1) is 0 Å². The summed E-state index contributed by atoms with van der Waals surface area (Å²) in [5, 5.41) is 0. The lowest BCUT2D eigenvalue weighted by molar-refractivity contribution is -0.137. The minimum absolute atomic E-state index is 0.0233. The molecule has 7 heteroatoms. The molecule has 28 heavy (non-hydrogen) atoms. The second-order valence-electron chi connectivity index (χ2n) is 6.57. The summed E-state index contributed by atoms with van der Waals surface area (Å²) < 4.78 is 44.0. The molecule has 0 unspecified atom stereocenters. The Morgan fingerprint density at radius 1 is 1.18 bits per heavy atom. The number of ether oxygens (including phenoxy) is 1. The van der Waals surface area contributed by atoms with Crippen molar-refractivity contribution in [1.82, 2.24) is 4.90 Å². The first kappa shape index (κ1) is 23.7. The van der Waals surface area contributed by atoms with Crippen LogP contribution < -0.4 is 4.74 Å². The van der Waals surface area contributed by atoms with Gasteiger partial charge in [-0.25, -0.2) is 0 Å². The Morgan fingerprint density at radius 3 is 2.39 bits per heavy atom. The minimum atomic E-state index is -4.47. The van der Waals surface area contributed by atoms with E-state index < -0.39 is 11.7 Å². The third-order valence-corrected chi connectivity index (χ3v) is 4.22. The maximum Gasteiger partial charge on any atom is 0.416 e. The molecule has 0 aliphatic carbocycles. The summed E-state index contributed by atoms with van der Waals surface area (Å²) in [5.41, 5.74) is 0.0118. The highest BCUT2D eigenvalue weighted by Crippen LogP contribution is 2.36. The number of halogens is 3. The Kier molecular flexibility index (Phi) is 9.22. The van der Waals surface area contributed by atoms with Crippen molar-refractivity contribution in [2.45, 2.75) is 52.6 Å². The third-order valence-electron chi connectivity index (χ3n) is 4.22. The van der Waals surface area contributed by atoms with Gasteiger partial charge in [-0.2, -0.15) is 13.2 Å². The second-order valence-corrected chi connectivity index (χ2v) is 6.57. The topological polar surface area (TPSA) is 46.6 Å². The van der Waals surface area contributed by atoms with Crippen LogP contribution in [-0.2, 0) is 15.8 Å². The molecular weight excluding hydrogens is 371 g/mol. The van der Waals surface area contributed by atoms with E-state index in [2.05, 4.69) is 6.58 Å². The number of allylic oxidation sites excluding steroid dienone is 1. The van der Waals surface area contributed by atoms with Crippen molar-refractivity contribution in [3.05, 3.63) is 35.9 Å². The zero-order valence-corrected chi connectivity index (χ0v) is 16.7. The van der Waals surface area contributed by atoms with Crippen molar-refractivity contribution in [2.24, 2.45) is 0 Å². The van der Waals surface area contributed by atoms with E-state index in [0.717, 1.165) is 18.6 Å². The average Bonchev–Trinajstić information content (AvgIpc) is 2.60. The molecule has 4 nitrogen and oxygen atoms in total. The van der Waals surface area contributed by atoms with Crippen molar-refractivity contribution in [3.63, 3.8) is 0 Å². The predicted molar refractivity (Wildman–Crippen MR) is 103 cm³/mol. The summed E-state index contributed by atoms with van der Waals surface area (Å²) in [4.78, 5) is 25.4. The van der Waals surface area contributed by atoms with Gasteiger partial charge in [-0.1, -0.05) is 19.6 Å². The van der Waals surface area contributed by atoms with Gasteiger partial charge in [0.15, 0.2) is 0 Å². The van der Waals surface area contributed by atoms with Crippen molar-refractivity contribution in [2.75, 3.05) is 19.7 Å². The smallest absolute Gasteiger partial charge is 0.416 e. The number of hydrogen-bond donors (Lipinski definition) is 0. The lowest BCUT2D eigenvalue weighted by atomic mass is 9.98. The molecular formula is C21H28F3NO3. The van der Waals surface area contributed by atoms with E-state index in [4.69, 9.17) is 4.74 Å². The number of carbonyl (C=O) groups is 2. The summed E-state index contributed by atoms with van der Waals surface area (Å²) in [5.74, 6) is -0.0296. The highest BCUT2D eigenvalue weighted by atomic mass is 19.4. The Balaban J connectivity index is 2.73. The van der Waals surface area contributed by atoms with Gasteiger partial charge in [-0.3, -0.25) is 9.59 Å². The SMILES string of the molecule is C=C(CC(=O)CCCN(CCC)C(C)=O)c1ccc(C(F)(F)F)cc1OCC. The van der Waals surface area contributed by atoms with E-state index in [1.54, 1.807) is 11.8 Å². The summed E-state index contributed by atoms with van der Waals surface area (Å²) in [6, 6.07) is 3.19. The highest BCUT2D eigenvalue weighted by molar-refractivity contribution is 5.90. The van der Waals surface area contributed by atoms with Crippen molar-refractivity contribution >= 4 is 17.3 Å². The first-order valence-corrected chi connectivity index (χ1v) is 9.39. The second kappa shape index (κ2) is 10.9. The fourth-order valence-corrected chi connectivity index (χ4v) is 2.85. The summed E-state index contributed by atoms with van der Waals surface area (Å²) in [7, 11) is 0. The lowest BCUT2D eigenvalue weighted by Crippen LogP contribution is -2.30. The normalized spacial score (nSPS) is 11.2. The van der Waals surface area contributed by atoms with Crippen LogP contribution in [-0.4, -0.2) is 36.3 Å². The molecule has 0 fully saturated rings. The van der Waals surface area contributed by atoms with Gasteiger partial charge in [0, 0.05) is 38.4 Å². The molecule has 156 valence electrons. The molecule has 0 bridgehead atoms. The molecule has 0 aliphatic heterocycles. The molecule has 1 amide bonds. The first-order chi connectivity index (χ1) is 13.1. The van der Waals surface area contributed by atoms with Gasteiger partial charge in [-0.05, 0) is 37.5 Å². The molecule has 0 N–H and O–H groups in total. The first-order valence-electron chi connectivity index (χ1n) is 9.39. The molecule has 0 atom stereocenters. The van der Waals surface area contributed by atoms with Gasteiger partial charge in [0.05, 0.1) is 12.2 Å². The maximum atomic E-state index is 12.9. The Hall–Kier alpha value is -2.31. The predicted octanol–water partition coefficient (Wildman–Crippen LogP) is 5.12. The molecule has 0 aliphatic rings. The summed E-state index contributed by atoms with van der Waals surface area (Å²) >= 11 is 0. The van der Waals surface area contributed by atoms with Crippen LogP contribution in [0.4, 0.5) is 13.2 Å². The van der Waals surface area contributed by atoms with Crippen LogP contribution in [0.15, 0.2) is 24.8 Å². The number of alkyl halides is 3. The van der Waals surface area contributed by atoms with E-state index in [1.807, 2.05) is 6.92 Å². The standard InChI is InChI=1S/C21H28F3NO3/c1-5-11-25(16(4)26)12-7-8-18(27)13-15(3)19-10-9-17(21(22,23)24)14-20(19)28-6-2/h9-10,14H,3,5-8,11-13H2,1-2,4H3. The molecule has 0 spiro atoms. The number of amides is 1. The van der Waals surface area contributed by atoms with Crippen LogP contribution in [0.5, 0.6) is 5.75 Å². The lowest BCUT2D eigenvalue weighted by Gasteiger charge is -2.20. The maximum absolute atomic E-state index is 12.9. The summed E-state index contributed by atoms with van der Waals surface area (Å²) in [6.45, 7) is 10.4. The van der Waals surface area contributed by atoms with Gasteiger partial charge in [0.2, 0.25) is 5.91 Å². The third kappa shape index (κ3) is 7.37. The summed E-state index contributed by atoms with van der Waals surface area (Å²) in [6.07, 6.45) is -2.78. The van der Waals surface area contributed by atoms with E-state index >= 15 is 0 Å². The zero-order valence-electron chi connectivity index (χ0n) is 16.7. The van der Waals surface area contributed by atoms with Gasteiger partial charge in [0.1, 0.15) is 11.5 Å². The number of nitrogens with zero attached hydrogens (tertiary/aromatic N) is 1. The zero-order chi connectivity index (χ0) is 21.3. The molecule has 0 saturated heterocycles. The number of hydrogen-bond acceptors (Lipinski definition) is 3. The van der Waals surface area contributed by atoms with E-state index in [0.29, 0.717) is 30.6 Å². The van der Waals surface area contributed by atoms with Crippen LogP contribution in [0.1, 0.15) is 57.6 Å². The number of rotatable bonds is 11. The molecule has 1 aromatic rings. The number of Topliss-reactive ketones (excluding diaryl/α,β-unsaturated/α-hetero) is 1. The Morgan fingerprint density at radius 2 is 1.86 bits per heavy atom. The fourth-order valence-electron chi connectivity index (χ4n) is 2.85. The fraction of sp³-hybridized carbons (Fsp3) is 0.524. The van der Waals surface area contributed by atoms with Gasteiger partial charge in [0.25, 0.3) is 0 Å². The number of carbonyl (C=O) groups excluding carboxylic acids is 2. The molecule has 0 heterocycles. The Bertz CT molecular complexity index is 699. The van der Waals surface area contributed by atoms with Crippen LogP contribution in [0.25, 0.3) is 5.57 Å². The van der Waals surface area contributed by atoms with Crippen LogP contribution in [0.2, 0.25) is 0 Å². The van der Waals surface area contributed by atoms with Crippen molar-refractivity contribution in [1.29, 1.82) is 0 Å². The largest absolute Gasteiger partial charge is 0.493 e. The van der Waals surface area contributed by atoms with Gasteiger partial charge >= 0.3 is 6.18 Å². The van der Waals surface area contributed by atoms with Crippen LogP contribution in [0, 0.1) is 0 Å². The number of ketones is 1. The van der Waals surface area contributed by atoms with Gasteiger partial charge < -0.3 is 9.64 Å². The van der Waals surface area contributed by atoms with Crippen molar-refractivity contribution < 1.29 is 27.5 Å².